The van der Waals surface area contributed by atoms with Gasteiger partial charge in [-0.05, 0) is 43.5 Å². The number of fused-ring (bicyclic) bond motifs is 1. The lowest BCUT2D eigenvalue weighted by molar-refractivity contribution is 0.0652. The first kappa shape index (κ1) is 10.4. The molecule has 1 N–H and O–H groups in total. The lowest BCUT2D eigenvalue weighted by Crippen LogP contribution is -2.41. The maximum absolute atomic E-state index is 12.3. The van der Waals surface area contributed by atoms with Crippen molar-refractivity contribution in [2.75, 3.05) is 7.05 Å². The summed E-state index contributed by atoms with van der Waals surface area (Å²) < 4.78 is 0. The molecule has 0 spiro atoms. The van der Waals surface area contributed by atoms with Crippen LogP contribution < -0.4 is 0 Å². The molecule has 1 aliphatic carbocycles. The van der Waals surface area contributed by atoms with Gasteiger partial charge in [0.05, 0.1) is 0 Å². The number of rotatable bonds is 2. The fraction of sp³-hybridized carbons (Fsp3) is 0.357. The number of carbonyl (C=O) groups is 1. The predicted octanol–water partition coefficient (Wildman–Crippen LogP) is 2.79. The van der Waals surface area contributed by atoms with Crippen molar-refractivity contribution in [2.45, 2.75) is 25.3 Å². The van der Waals surface area contributed by atoms with Crippen LogP contribution in [0.2, 0.25) is 0 Å². The smallest absolute Gasteiger partial charge is 0.253 e. The highest BCUT2D eigenvalue weighted by Crippen LogP contribution is 2.25. The monoisotopic (exact) mass is 228 g/mol. The second-order valence-electron chi connectivity index (χ2n) is 4.78. The molecule has 1 aromatic carbocycles. The predicted molar refractivity (Wildman–Crippen MR) is 68.0 cm³/mol. The Bertz CT molecular complexity index is 554. The molecule has 0 radical (unpaired) electrons. The van der Waals surface area contributed by atoms with Crippen molar-refractivity contribution in [3.8, 4) is 0 Å². The van der Waals surface area contributed by atoms with E-state index in [1.54, 1.807) is 0 Å². The third-order valence-corrected chi connectivity index (χ3v) is 3.74. The van der Waals surface area contributed by atoms with Crippen LogP contribution in [0, 0.1) is 0 Å². The molecule has 2 aromatic rings. The van der Waals surface area contributed by atoms with Gasteiger partial charge in [0, 0.05) is 35.8 Å². The number of aromatic amines is 1. The van der Waals surface area contributed by atoms with E-state index in [1.165, 1.54) is 6.42 Å². The molecule has 1 fully saturated rings. The minimum absolute atomic E-state index is 0.137. The van der Waals surface area contributed by atoms with E-state index < -0.39 is 0 Å². The summed E-state index contributed by atoms with van der Waals surface area (Å²) in [5, 5.41) is 1.10. The van der Waals surface area contributed by atoms with Gasteiger partial charge in [-0.2, -0.15) is 0 Å². The maximum atomic E-state index is 12.3. The van der Waals surface area contributed by atoms with E-state index in [0.717, 1.165) is 29.3 Å². The number of hydrogen-bond acceptors (Lipinski definition) is 1. The first-order chi connectivity index (χ1) is 8.25. The number of benzene rings is 1. The highest BCUT2D eigenvalue weighted by molar-refractivity contribution is 5.98. The largest absolute Gasteiger partial charge is 0.361 e. The Morgan fingerprint density at radius 2 is 2.18 bits per heavy atom. The highest BCUT2D eigenvalue weighted by atomic mass is 16.2. The molecule has 1 aromatic heterocycles. The van der Waals surface area contributed by atoms with Crippen LogP contribution in [0.4, 0.5) is 0 Å². The number of aromatic nitrogens is 1. The maximum Gasteiger partial charge on any atom is 0.253 e. The van der Waals surface area contributed by atoms with Crippen molar-refractivity contribution in [1.29, 1.82) is 0 Å². The molecule has 1 aliphatic rings. The van der Waals surface area contributed by atoms with Gasteiger partial charge < -0.3 is 9.88 Å². The first-order valence-corrected chi connectivity index (χ1v) is 6.10. The second kappa shape index (κ2) is 3.91. The highest BCUT2D eigenvalue weighted by Gasteiger charge is 2.26. The molecule has 88 valence electrons. The van der Waals surface area contributed by atoms with Crippen LogP contribution in [0.15, 0.2) is 30.5 Å². The lowest BCUT2D eigenvalue weighted by Gasteiger charge is -2.34. The molecule has 3 rings (SSSR count). The minimum atomic E-state index is 0.137. The van der Waals surface area contributed by atoms with E-state index in [2.05, 4.69) is 4.98 Å². The average Bonchev–Trinajstić information content (AvgIpc) is 2.72. The molecule has 0 bridgehead atoms. The average molecular weight is 228 g/mol. The van der Waals surface area contributed by atoms with Gasteiger partial charge in [-0.15, -0.1) is 0 Å². The number of H-pyrrole nitrogens is 1. The third kappa shape index (κ3) is 1.71. The lowest BCUT2D eigenvalue weighted by atomic mass is 9.91. The van der Waals surface area contributed by atoms with Gasteiger partial charge in [0.2, 0.25) is 0 Å². The fourth-order valence-electron chi connectivity index (χ4n) is 2.33. The summed E-state index contributed by atoms with van der Waals surface area (Å²) in [7, 11) is 1.91. The van der Waals surface area contributed by atoms with Crippen molar-refractivity contribution in [3.05, 3.63) is 36.0 Å². The Labute approximate surface area is 100 Å². The van der Waals surface area contributed by atoms with Crippen LogP contribution in [0.1, 0.15) is 29.6 Å². The topological polar surface area (TPSA) is 36.1 Å². The van der Waals surface area contributed by atoms with E-state index in [1.807, 2.05) is 42.4 Å². The SMILES string of the molecule is CN(C(=O)c1ccc2[nH]ccc2c1)C1CCC1. The Hall–Kier alpha value is -1.77. The third-order valence-electron chi connectivity index (χ3n) is 3.74. The van der Waals surface area contributed by atoms with Crippen LogP contribution in [0.25, 0.3) is 10.9 Å². The zero-order chi connectivity index (χ0) is 11.8. The fourth-order valence-corrected chi connectivity index (χ4v) is 2.33. The summed E-state index contributed by atoms with van der Waals surface area (Å²) in [5.41, 5.74) is 1.86. The molecule has 3 nitrogen and oxygen atoms in total. The van der Waals surface area contributed by atoms with Gasteiger partial charge in [0.25, 0.3) is 5.91 Å². The van der Waals surface area contributed by atoms with Gasteiger partial charge in [-0.3, -0.25) is 4.79 Å². The Morgan fingerprint density at radius 3 is 2.88 bits per heavy atom. The summed E-state index contributed by atoms with van der Waals surface area (Å²) in [5.74, 6) is 0.137. The Morgan fingerprint density at radius 1 is 1.35 bits per heavy atom. The van der Waals surface area contributed by atoms with Gasteiger partial charge in [0.15, 0.2) is 0 Å². The van der Waals surface area contributed by atoms with Gasteiger partial charge in [0.1, 0.15) is 0 Å². The number of nitrogens with one attached hydrogen (secondary N) is 1. The molecule has 0 atom stereocenters. The van der Waals surface area contributed by atoms with Crippen molar-refractivity contribution in [2.24, 2.45) is 0 Å². The van der Waals surface area contributed by atoms with Gasteiger partial charge >= 0.3 is 0 Å². The van der Waals surface area contributed by atoms with E-state index >= 15 is 0 Å². The van der Waals surface area contributed by atoms with Crippen molar-refractivity contribution in [1.82, 2.24) is 9.88 Å². The molecule has 1 amide bonds. The Kier molecular flexibility index (Phi) is 2.39. The molecular formula is C14H16N2O. The molecule has 3 heteroatoms. The molecule has 17 heavy (non-hydrogen) atoms. The molecular weight excluding hydrogens is 212 g/mol. The quantitative estimate of drug-likeness (QED) is 0.843. The standard InChI is InChI=1S/C14H16N2O/c1-16(12-3-2-4-12)14(17)11-5-6-13-10(9-11)7-8-15-13/h5-9,12,15H,2-4H2,1H3. The number of hydrogen-bond donors (Lipinski definition) is 1. The molecule has 0 saturated heterocycles. The Balaban J connectivity index is 1.88. The molecule has 0 unspecified atom stereocenters. The van der Waals surface area contributed by atoms with Crippen LogP contribution in [0.3, 0.4) is 0 Å². The summed E-state index contributed by atoms with van der Waals surface area (Å²) in [6.45, 7) is 0. The van der Waals surface area contributed by atoms with Crippen LogP contribution in [-0.4, -0.2) is 28.9 Å². The van der Waals surface area contributed by atoms with Gasteiger partial charge in [-0.1, -0.05) is 0 Å². The number of carbonyl (C=O) groups excluding carboxylic acids is 1. The van der Waals surface area contributed by atoms with Crippen molar-refractivity contribution < 1.29 is 4.79 Å². The zero-order valence-electron chi connectivity index (χ0n) is 9.94. The van der Waals surface area contributed by atoms with E-state index in [9.17, 15) is 4.79 Å². The van der Waals surface area contributed by atoms with Crippen molar-refractivity contribution >= 4 is 16.8 Å². The van der Waals surface area contributed by atoms with Crippen LogP contribution in [-0.2, 0) is 0 Å². The summed E-state index contributed by atoms with van der Waals surface area (Å²) >= 11 is 0. The van der Waals surface area contributed by atoms with Crippen LogP contribution in [0.5, 0.6) is 0 Å². The number of nitrogens with zero attached hydrogens (tertiary/aromatic N) is 1. The first-order valence-electron chi connectivity index (χ1n) is 6.10. The zero-order valence-corrected chi connectivity index (χ0v) is 9.94. The molecule has 1 saturated carbocycles. The van der Waals surface area contributed by atoms with Crippen molar-refractivity contribution in [3.63, 3.8) is 0 Å². The minimum Gasteiger partial charge on any atom is -0.361 e. The van der Waals surface area contributed by atoms with E-state index in [-0.39, 0.29) is 5.91 Å². The molecule has 1 heterocycles. The molecule has 0 aliphatic heterocycles. The normalized spacial score (nSPS) is 15.8. The van der Waals surface area contributed by atoms with Crippen LogP contribution >= 0.6 is 0 Å². The second-order valence-corrected chi connectivity index (χ2v) is 4.78. The van der Waals surface area contributed by atoms with E-state index in [4.69, 9.17) is 0 Å². The number of amides is 1. The summed E-state index contributed by atoms with van der Waals surface area (Å²) in [6, 6.07) is 8.27. The van der Waals surface area contributed by atoms with Gasteiger partial charge in [-0.25, -0.2) is 0 Å². The summed E-state index contributed by atoms with van der Waals surface area (Å²) in [4.78, 5) is 17.3. The summed E-state index contributed by atoms with van der Waals surface area (Å²) in [6.07, 6.45) is 5.44. The van der Waals surface area contributed by atoms with E-state index in [0.29, 0.717) is 6.04 Å².